The largest absolute Gasteiger partial charge is 0.480 e. The maximum absolute atomic E-state index is 15.3. The summed E-state index contributed by atoms with van der Waals surface area (Å²) in [5.74, 6) is -5.58. The molecule has 1 aliphatic rings. The van der Waals surface area contributed by atoms with Gasteiger partial charge in [0.1, 0.15) is 5.83 Å². The summed E-state index contributed by atoms with van der Waals surface area (Å²) in [7, 11) is 0. The molecule has 4 nitrogen and oxygen atoms in total. The van der Waals surface area contributed by atoms with E-state index in [1.165, 1.54) is 44.6 Å². The summed E-state index contributed by atoms with van der Waals surface area (Å²) in [5, 5.41) is 9.75. The van der Waals surface area contributed by atoms with Crippen molar-refractivity contribution >= 4 is 11.9 Å². The Balaban J connectivity index is 2.03. The molecular weight excluding hydrogens is 524 g/mol. The quantitative estimate of drug-likeness (QED) is 0.0669. The number of halogens is 4. The molecule has 1 aromatic carbocycles. The second-order valence-corrected chi connectivity index (χ2v) is 11.2. The molecule has 1 N–H and O–H groups in total. The van der Waals surface area contributed by atoms with E-state index in [4.69, 9.17) is 0 Å². The highest BCUT2D eigenvalue weighted by molar-refractivity contribution is 6.05. The van der Waals surface area contributed by atoms with Gasteiger partial charge in [-0.15, -0.1) is 0 Å². The molecule has 0 saturated carbocycles. The smallest absolute Gasteiger partial charge is 0.425 e. The van der Waals surface area contributed by atoms with Crippen LogP contribution in [-0.4, -0.2) is 29.3 Å². The fourth-order valence-electron chi connectivity index (χ4n) is 4.90. The van der Waals surface area contributed by atoms with E-state index in [0.717, 1.165) is 37.0 Å². The van der Waals surface area contributed by atoms with Crippen LogP contribution in [0.4, 0.5) is 17.6 Å². The number of rotatable bonds is 17. The summed E-state index contributed by atoms with van der Waals surface area (Å²) in [4.78, 5) is 24.8. The first-order valence-corrected chi connectivity index (χ1v) is 14.6. The van der Waals surface area contributed by atoms with E-state index in [0.29, 0.717) is 12.0 Å². The average molecular weight is 569 g/mol. The number of benzene rings is 1. The lowest BCUT2D eigenvalue weighted by Crippen LogP contribution is -2.45. The molecule has 0 bridgehead atoms. The fourth-order valence-corrected chi connectivity index (χ4v) is 4.90. The number of hydrogen-bond acceptors (Lipinski definition) is 3. The monoisotopic (exact) mass is 568 g/mol. The van der Waals surface area contributed by atoms with Crippen molar-refractivity contribution in [3.8, 4) is 0 Å². The normalized spacial score (nSPS) is 19.9. The van der Waals surface area contributed by atoms with Gasteiger partial charge in [-0.25, -0.2) is 9.18 Å². The number of aliphatic carboxylic acids is 1. The number of aryl methyl sites for hydroxylation is 1. The van der Waals surface area contributed by atoms with Crippen LogP contribution in [0, 0.1) is 11.3 Å². The Morgan fingerprint density at radius 2 is 1.55 bits per heavy atom. The van der Waals surface area contributed by atoms with Crippen LogP contribution in [0.5, 0.6) is 0 Å². The van der Waals surface area contributed by atoms with Crippen molar-refractivity contribution in [2.45, 2.75) is 116 Å². The third kappa shape index (κ3) is 9.77. The van der Waals surface area contributed by atoms with Gasteiger partial charge in [0.15, 0.2) is 6.10 Å². The Kier molecular flexibility index (Phi) is 13.4. The van der Waals surface area contributed by atoms with Crippen molar-refractivity contribution in [2.75, 3.05) is 0 Å². The van der Waals surface area contributed by atoms with Crippen molar-refractivity contribution in [3.63, 3.8) is 0 Å². The number of unbranched alkanes of at least 4 members (excludes halogenated alkanes) is 7. The summed E-state index contributed by atoms with van der Waals surface area (Å²) in [5.41, 5.74) is -1.13. The molecule has 0 aromatic heterocycles. The molecule has 0 spiro atoms. The molecule has 0 fully saturated rings. The van der Waals surface area contributed by atoms with Crippen LogP contribution in [0.2, 0.25) is 0 Å². The summed E-state index contributed by atoms with van der Waals surface area (Å²) < 4.78 is 60.5. The van der Waals surface area contributed by atoms with Crippen molar-refractivity contribution in [3.05, 3.63) is 59.4 Å². The lowest BCUT2D eigenvalue weighted by atomic mass is 9.78. The third-order valence-corrected chi connectivity index (χ3v) is 7.46. The minimum atomic E-state index is -4.90. The van der Waals surface area contributed by atoms with Gasteiger partial charge in [-0.05, 0) is 48.8 Å². The van der Waals surface area contributed by atoms with E-state index in [1.807, 2.05) is 38.1 Å². The number of carbonyl (C=O) groups is 2. The van der Waals surface area contributed by atoms with Gasteiger partial charge in [-0.3, -0.25) is 4.79 Å². The van der Waals surface area contributed by atoms with E-state index >= 15 is 4.39 Å². The summed E-state index contributed by atoms with van der Waals surface area (Å²) in [6.07, 6.45) is 6.51. The fraction of sp³-hybridized carbons (Fsp3) is 0.625. The Morgan fingerprint density at radius 3 is 2.08 bits per heavy atom. The first kappa shape index (κ1) is 33.6. The molecule has 0 aliphatic heterocycles. The molecule has 1 aromatic rings. The van der Waals surface area contributed by atoms with Gasteiger partial charge in [-0.2, -0.15) is 13.2 Å². The second-order valence-electron chi connectivity index (χ2n) is 11.2. The van der Waals surface area contributed by atoms with E-state index in [9.17, 15) is 27.9 Å². The molecule has 1 aliphatic carbocycles. The predicted octanol–water partition coefficient (Wildman–Crippen LogP) is 9.25. The third-order valence-electron chi connectivity index (χ3n) is 7.46. The van der Waals surface area contributed by atoms with E-state index in [-0.39, 0.29) is 12.3 Å². The molecule has 224 valence electrons. The van der Waals surface area contributed by atoms with E-state index < -0.39 is 47.8 Å². The van der Waals surface area contributed by atoms with Crippen LogP contribution in [0.25, 0.3) is 0 Å². The highest BCUT2D eigenvalue weighted by Crippen LogP contribution is 2.41. The van der Waals surface area contributed by atoms with Crippen LogP contribution in [0.3, 0.4) is 0 Å². The highest BCUT2D eigenvalue weighted by Gasteiger charge is 2.54. The summed E-state index contributed by atoms with van der Waals surface area (Å²) in [6, 6.07) is 7.52. The number of allylic oxidation sites excluding steroid dienone is 2. The SMILES string of the molecule is CCCCCCCCCCc1ccc(C2C=CC(C(=O)O)(C(=O)OC(CCCC(C)C)C(F)(F)F)C(F)=C2)cc1. The molecular formula is C32H44F4O4. The number of carboxylic acid groups (broad SMARTS) is 1. The number of hydrogen-bond donors (Lipinski definition) is 1. The molecule has 2 rings (SSSR count). The Hall–Kier alpha value is -2.64. The average Bonchev–Trinajstić information content (AvgIpc) is 2.89. The summed E-state index contributed by atoms with van der Waals surface area (Å²) in [6.45, 7) is 5.90. The van der Waals surface area contributed by atoms with Crippen molar-refractivity contribution in [1.29, 1.82) is 0 Å². The first-order chi connectivity index (χ1) is 18.9. The van der Waals surface area contributed by atoms with Gasteiger partial charge >= 0.3 is 18.1 Å². The van der Waals surface area contributed by atoms with E-state index in [2.05, 4.69) is 11.7 Å². The summed E-state index contributed by atoms with van der Waals surface area (Å²) >= 11 is 0. The number of carboxylic acids is 1. The zero-order valence-electron chi connectivity index (χ0n) is 23.9. The van der Waals surface area contributed by atoms with Gasteiger partial charge < -0.3 is 9.84 Å². The van der Waals surface area contributed by atoms with Crippen LogP contribution in [0.1, 0.15) is 108 Å². The Labute approximate surface area is 235 Å². The Bertz CT molecular complexity index is 997. The van der Waals surface area contributed by atoms with Crippen molar-refractivity contribution in [2.24, 2.45) is 11.3 Å². The topological polar surface area (TPSA) is 63.6 Å². The lowest BCUT2D eigenvalue weighted by Gasteiger charge is -2.30. The molecule has 0 saturated heterocycles. The molecule has 3 atom stereocenters. The maximum Gasteiger partial charge on any atom is 0.425 e. The molecule has 3 unspecified atom stereocenters. The number of esters is 1. The minimum Gasteiger partial charge on any atom is -0.480 e. The molecule has 8 heteroatoms. The maximum atomic E-state index is 15.3. The predicted molar refractivity (Wildman–Crippen MR) is 149 cm³/mol. The van der Waals surface area contributed by atoms with Gasteiger partial charge in [0.05, 0.1) is 0 Å². The number of alkyl halides is 3. The van der Waals surface area contributed by atoms with Crippen LogP contribution in [-0.2, 0) is 20.7 Å². The minimum absolute atomic E-state index is 0.125. The lowest BCUT2D eigenvalue weighted by molar-refractivity contribution is -0.227. The number of ether oxygens (including phenoxy) is 1. The van der Waals surface area contributed by atoms with Gasteiger partial charge in [-0.1, -0.05) is 109 Å². The van der Waals surface area contributed by atoms with E-state index in [1.54, 1.807) is 0 Å². The molecule has 0 heterocycles. The molecule has 0 amide bonds. The zero-order chi connectivity index (χ0) is 29.8. The van der Waals surface area contributed by atoms with Crippen LogP contribution >= 0.6 is 0 Å². The molecule has 0 radical (unpaired) electrons. The number of carbonyl (C=O) groups excluding carboxylic acids is 1. The first-order valence-electron chi connectivity index (χ1n) is 14.6. The van der Waals surface area contributed by atoms with Crippen molar-refractivity contribution < 1.29 is 37.0 Å². The molecule has 40 heavy (non-hydrogen) atoms. The standard InChI is InChI=1S/C32H44F4O4/c1-4-5-6-7-8-9-10-11-14-24-16-18-25(19-17-24)26-20-21-31(29(37)38,27(33)22-26)30(39)40-28(32(34,35)36)15-12-13-23(2)3/h16-23,26,28H,4-15H2,1-3H3,(H,37,38). The van der Waals surface area contributed by atoms with Gasteiger partial charge in [0.2, 0.25) is 5.41 Å². The van der Waals surface area contributed by atoms with Crippen LogP contribution in [0.15, 0.2) is 48.3 Å². The Morgan fingerprint density at radius 1 is 0.950 bits per heavy atom. The van der Waals surface area contributed by atoms with Crippen molar-refractivity contribution in [1.82, 2.24) is 0 Å². The van der Waals surface area contributed by atoms with Gasteiger partial charge in [0.25, 0.3) is 0 Å². The second kappa shape index (κ2) is 16.0. The highest BCUT2D eigenvalue weighted by atomic mass is 19.4. The van der Waals surface area contributed by atoms with Gasteiger partial charge in [0, 0.05) is 5.92 Å². The van der Waals surface area contributed by atoms with Crippen LogP contribution < -0.4 is 0 Å². The zero-order valence-corrected chi connectivity index (χ0v) is 23.9.